The van der Waals surface area contributed by atoms with E-state index >= 15 is 0 Å². The van der Waals surface area contributed by atoms with Gasteiger partial charge in [0.15, 0.2) is 0 Å². The highest BCUT2D eigenvalue weighted by Crippen LogP contribution is 2.35. The highest BCUT2D eigenvalue weighted by atomic mass is 15.2. The second kappa shape index (κ2) is 4.79. The molecule has 0 amide bonds. The zero-order valence-electron chi connectivity index (χ0n) is 11.5. The summed E-state index contributed by atoms with van der Waals surface area (Å²) in [5.41, 5.74) is 11.4. The van der Waals surface area contributed by atoms with Crippen molar-refractivity contribution in [2.24, 2.45) is 12.8 Å². The predicted octanol–water partition coefficient (Wildman–Crippen LogP) is 1.74. The second-order valence-electron chi connectivity index (χ2n) is 5.32. The van der Waals surface area contributed by atoms with Crippen LogP contribution in [0.4, 0.5) is 0 Å². The van der Waals surface area contributed by atoms with E-state index in [0.717, 1.165) is 13.1 Å². The fraction of sp³-hybridized carbons (Fsp3) is 0.400. The number of fused-ring (bicyclic) bond motifs is 1. The molecule has 1 aromatic heterocycles. The van der Waals surface area contributed by atoms with E-state index in [0.29, 0.717) is 12.6 Å². The summed E-state index contributed by atoms with van der Waals surface area (Å²) in [4.78, 5) is 2.44. The van der Waals surface area contributed by atoms with Gasteiger partial charge < -0.3 is 5.73 Å². The highest BCUT2D eigenvalue weighted by Gasteiger charge is 2.29. The molecule has 1 unspecified atom stereocenters. The van der Waals surface area contributed by atoms with E-state index in [2.05, 4.69) is 41.3 Å². The third kappa shape index (κ3) is 2.17. The summed E-state index contributed by atoms with van der Waals surface area (Å²) in [7, 11) is 1.95. The van der Waals surface area contributed by atoms with E-state index in [1.807, 2.05) is 17.9 Å². The normalized spacial score (nSPS) is 18.8. The van der Waals surface area contributed by atoms with Crippen molar-refractivity contribution in [2.75, 3.05) is 6.54 Å². The minimum atomic E-state index is 0.329. The summed E-state index contributed by atoms with van der Waals surface area (Å²) in [6.45, 7) is 4.74. The van der Waals surface area contributed by atoms with Gasteiger partial charge in [0.1, 0.15) is 0 Å². The fourth-order valence-corrected chi connectivity index (χ4v) is 2.99. The first-order chi connectivity index (χ1) is 9.19. The lowest BCUT2D eigenvalue weighted by atomic mass is 10.0. The van der Waals surface area contributed by atoms with Gasteiger partial charge in [0.05, 0.1) is 6.20 Å². The maximum Gasteiger partial charge on any atom is 0.0534 e. The Labute approximate surface area is 113 Å². The van der Waals surface area contributed by atoms with Crippen LogP contribution in [0.5, 0.6) is 0 Å². The Morgan fingerprint density at radius 3 is 2.95 bits per heavy atom. The van der Waals surface area contributed by atoms with E-state index in [4.69, 9.17) is 5.73 Å². The lowest BCUT2D eigenvalue weighted by Gasteiger charge is -2.23. The number of rotatable bonds is 3. The van der Waals surface area contributed by atoms with Crippen molar-refractivity contribution in [1.29, 1.82) is 0 Å². The van der Waals surface area contributed by atoms with Crippen molar-refractivity contribution in [3.63, 3.8) is 0 Å². The Morgan fingerprint density at radius 2 is 2.26 bits per heavy atom. The van der Waals surface area contributed by atoms with Crippen molar-refractivity contribution in [2.45, 2.75) is 26.1 Å². The summed E-state index contributed by atoms with van der Waals surface area (Å²) < 4.78 is 1.85. The number of nitrogens with zero attached hydrogens (tertiary/aromatic N) is 3. The van der Waals surface area contributed by atoms with Crippen molar-refractivity contribution in [3.05, 3.63) is 52.8 Å². The maximum atomic E-state index is 5.99. The lowest BCUT2D eigenvalue weighted by Crippen LogP contribution is -2.27. The van der Waals surface area contributed by atoms with E-state index in [9.17, 15) is 0 Å². The van der Waals surface area contributed by atoms with E-state index in [-0.39, 0.29) is 0 Å². The maximum absolute atomic E-state index is 5.99. The molecule has 4 heteroatoms. The average Bonchev–Trinajstić information content (AvgIpc) is 2.94. The van der Waals surface area contributed by atoms with Gasteiger partial charge in [-0.1, -0.05) is 18.2 Å². The SMILES string of the molecule is Cc1cccc2c1CN(Cc1cnn(C)c1)C2CN. The van der Waals surface area contributed by atoms with Crippen LogP contribution in [0.1, 0.15) is 28.3 Å². The molecule has 1 aliphatic rings. The Hall–Kier alpha value is -1.65. The molecule has 0 spiro atoms. The van der Waals surface area contributed by atoms with Crippen LogP contribution in [-0.4, -0.2) is 21.2 Å². The topological polar surface area (TPSA) is 47.1 Å². The van der Waals surface area contributed by atoms with Gasteiger partial charge in [0.2, 0.25) is 0 Å². The van der Waals surface area contributed by atoms with Crippen molar-refractivity contribution >= 4 is 0 Å². The molecule has 4 nitrogen and oxygen atoms in total. The quantitative estimate of drug-likeness (QED) is 0.910. The highest BCUT2D eigenvalue weighted by molar-refractivity contribution is 5.40. The number of aromatic nitrogens is 2. The summed E-state index contributed by atoms with van der Waals surface area (Å²) in [6, 6.07) is 6.85. The second-order valence-corrected chi connectivity index (χ2v) is 5.32. The van der Waals surface area contributed by atoms with Gasteiger partial charge in [-0.25, -0.2) is 0 Å². The van der Waals surface area contributed by atoms with Crippen molar-refractivity contribution in [1.82, 2.24) is 14.7 Å². The number of benzene rings is 1. The lowest BCUT2D eigenvalue weighted by molar-refractivity contribution is 0.211. The number of aryl methyl sites for hydroxylation is 2. The number of hydrogen-bond donors (Lipinski definition) is 1. The monoisotopic (exact) mass is 256 g/mol. The summed E-state index contributed by atoms with van der Waals surface area (Å²) >= 11 is 0. The van der Waals surface area contributed by atoms with Gasteiger partial charge in [-0.05, 0) is 23.6 Å². The molecule has 1 aromatic carbocycles. The standard InChI is InChI=1S/C15H20N4/c1-11-4-3-5-13-14(11)10-19(15(13)6-16)9-12-7-17-18(2)8-12/h3-5,7-8,15H,6,9-10,16H2,1-2H3. The van der Waals surface area contributed by atoms with Gasteiger partial charge in [0.25, 0.3) is 0 Å². The molecule has 0 fully saturated rings. The Balaban J connectivity index is 1.87. The molecule has 100 valence electrons. The van der Waals surface area contributed by atoms with E-state index in [1.165, 1.54) is 22.3 Å². The fourth-order valence-electron chi connectivity index (χ4n) is 2.99. The van der Waals surface area contributed by atoms with Crippen LogP contribution in [-0.2, 0) is 20.1 Å². The van der Waals surface area contributed by atoms with Crippen LogP contribution < -0.4 is 5.73 Å². The summed E-state index contributed by atoms with van der Waals surface area (Å²) in [5, 5.41) is 4.23. The molecule has 0 radical (unpaired) electrons. The summed E-state index contributed by atoms with van der Waals surface area (Å²) in [6.07, 6.45) is 4.01. The Bertz CT molecular complexity index is 588. The van der Waals surface area contributed by atoms with Gasteiger partial charge >= 0.3 is 0 Å². The molecule has 2 heterocycles. The van der Waals surface area contributed by atoms with Gasteiger partial charge in [-0.3, -0.25) is 9.58 Å². The summed E-state index contributed by atoms with van der Waals surface area (Å²) in [5.74, 6) is 0. The minimum absolute atomic E-state index is 0.329. The van der Waals surface area contributed by atoms with Gasteiger partial charge in [-0.2, -0.15) is 5.10 Å². The first-order valence-corrected chi connectivity index (χ1v) is 6.69. The molecule has 2 N–H and O–H groups in total. The van der Waals surface area contributed by atoms with Gasteiger partial charge in [-0.15, -0.1) is 0 Å². The van der Waals surface area contributed by atoms with Gasteiger partial charge in [0, 0.05) is 44.5 Å². The molecule has 1 aliphatic heterocycles. The van der Waals surface area contributed by atoms with Crippen LogP contribution in [0.25, 0.3) is 0 Å². The molecule has 19 heavy (non-hydrogen) atoms. The molecule has 0 saturated heterocycles. The van der Waals surface area contributed by atoms with Crippen molar-refractivity contribution < 1.29 is 0 Å². The van der Waals surface area contributed by atoms with E-state index < -0.39 is 0 Å². The third-order valence-electron chi connectivity index (χ3n) is 3.97. The van der Waals surface area contributed by atoms with E-state index in [1.54, 1.807) is 0 Å². The van der Waals surface area contributed by atoms with Crippen LogP contribution in [0, 0.1) is 6.92 Å². The number of nitrogens with two attached hydrogens (primary N) is 1. The largest absolute Gasteiger partial charge is 0.329 e. The molecule has 1 atom stereocenters. The molecule has 2 aromatic rings. The first kappa shape index (κ1) is 12.4. The molecule has 3 rings (SSSR count). The van der Waals surface area contributed by atoms with Crippen LogP contribution in [0.3, 0.4) is 0 Å². The Kier molecular flexibility index (Phi) is 3.12. The molecule has 0 aliphatic carbocycles. The van der Waals surface area contributed by atoms with Crippen molar-refractivity contribution in [3.8, 4) is 0 Å². The minimum Gasteiger partial charge on any atom is -0.329 e. The van der Waals surface area contributed by atoms with Crippen LogP contribution in [0.2, 0.25) is 0 Å². The third-order valence-corrected chi connectivity index (χ3v) is 3.97. The predicted molar refractivity (Wildman–Crippen MR) is 75.4 cm³/mol. The molecular formula is C15H20N4. The van der Waals surface area contributed by atoms with Crippen LogP contribution in [0.15, 0.2) is 30.6 Å². The zero-order chi connectivity index (χ0) is 13.4. The molecule has 0 saturated carbocycles. The van der Waals surface area contributed by atoms with Crippen LogP contribution >= 0.6 is 0 Å². The average molecular weight is 256 g/mol. The molecule has 0 bridgehead atoms. The smallest absolute Gasteiger partial charge is 0.0534 e. The zero-order valence-corrected chi connectivity index (χ0v) is 11.5. The molecular weight excluding hydrogens is 236 g/mol. The Morgan fingerprint density at radius 1 is 1.42 bits per heavy atom. The number of hydrogen-bond acceptors (Lipinski definition) is 3. The first-order valence-electron chi connectivity index (χ1n) is 6.69.